The molecule has 0 saturated carbocycles. The summed E-state index contributed by atoms with van der Waals surface area (Å²) < 4.78 is 2.96. The van der Waals surface area contributed by atoms with Gasteiger partial charge in [-0.05, 0) is 36.7 Å². The second-order valence-electron chi connectivity index (χ2n) is 4.43. The molecule has 6 heteroatoms. The van der Waals surface area contributed by atoms with Gasteiger partial charge in [0.05, 0.1) is 20.8 Å². The summed E-state index contributed by atoms with van der Waals surface area (Å²) >= 11 is 8.55. The number of aryl methyl sites for hydroxylation is 2. The minimum absolute atomic E-state index is 0.388. The molecule has 2 N–H and O–H groups in total. The molecule has 1 rings (SSSR count). The minimum atomic E-state index is 0.388. The third kappa shape index (κ3) is 3.76. The second kappa shape index (κ2) is 5.93. The average Bonchev–Trinajstić information content (AvgIpc) is 2.43. The van der Waals surface area contributed by atoms with E-state index in [1.54, 1.807) is 0 Å². The van der Waals surface area contributed by atoms with Crippen molar-refractivity contribution in [1.82, 2.24) is 14.7 Å². The molecule has 0 unspecified atom stereocenters. The predicted molar refractivity (Wildman–Crippen MR) is 78.0 cm³/mol. The van der Waals surface area contributed by atoms with E-state index in [1.807, 2.05) is 18.7 Å². The maximum absolute atomic E-state index is 5.62. The topological polar surface area (TPSA) is 47.1 Å². The van der Waals surface area contributed by atoms with E-state index in [0.29, 0.717) is 17.6 Å². The van der Waals surface area contributed by atoms with E-state index < -0.39 is 0 Å². The fourth-order valence-electron chi connectivity index (χ4n) is 1.67. The van der Waals surface area contributed by atoms with Crippen LogP contribution in [0, 0.1) is 6.92 Å². The molecular weight excluding hydrogens is 300 g/mol. The van der Waals surface area contributed by atoms with Gasteiger partial charge in [-0.15, -0.1) is 0 Å². The van der Waals surface area contributed by atoms with Crippen molar-refractivity contribution in [2.24, 2.45) is 12.8 Å². The van der Waals surface area contributed by atoms with E-state index in [2.05, 4.69) is 39.8 Å². The highest BCUT2D eigenvalue weighted by Crippen LogP contribution is 2.22. The first-order valence-electron chi connectivity index (χ1n) is 5.53. The number of halogens is 1. The molecule has 0 bridgehead atoms. The van der Waals surface area contributed by atoms with Crippen molar-refractivity contribution in [3.63, 3.8) is 0 Å². The van der Waals surface area contributed by atoms with Crippen LogP contribution in [-0.4, -0.2) is 32.3 Å². The van der Waals surface area contributed by atoms with Crippen LogP contribution in [0.4, 0.5) is 0 Å². The summed E-state index contributed by atoms with van der Waals surface area (Å²) in [6, 6.07) is 0.388. The Hall–Kier alpha value is -0.460. The first-order valence-corrected chi connectivity index (χ1v) is 6.73. The molecule has 0 radical (unpaired) electrons. The summed E-state index contributed by atoms with van der Waals surface area (Å²) in [6.07, 6.45) is 0. The highest BCUT2D eigenvalue weighted by atomic mass is 79.9. The number of aromatic nitrogens is 2. The van der Waals surface area contributed by atoms with Crippen LogP contribution in [0.2, 0.25) is 0 Å². The molecule has 0 atom stereocenters. The Balaban J connectivity index is 2.89. The fourth-order valence-corrected chi connectivity index (χ4v) is 2.29. The molecule has 1 aromatic rings. The van der Waals surface area contributed by atoms with Crippen LogP contribution in [0.5, 0.6) is 0 Å². The molecule has 0 fully saturated rings. The van der Waals surface area contributed by atoms with Crippen LogP contribution in [0.25, 0.3) is 0 Å². The lowest BCUT2D eigenvalue weighted by molar-refractivity contribution is 0.238. The Labute approximate surface area is 116 Å². The second-order valence-corrected chi connectivity index (χ2v) is 5.75. The van der Waals surface area contributed by atoms with Gasteiger partial charge in [-0.25, -0.2) is 0 Å². The zero-order chi connectivity index (χ0) is 13.2. The largest absolute Gasteiger partial charge is 0.392 e. The van der Waals surface area contributed by atoms with E-state index in [-0.39, 0.29) is 0 Å². The Bertz CT molecular complexity index is 414. The van der Waals surface area contributed by atoms with E-state index in [1.165, 1.54) is 0 Å². The predicted octanol–water partition coefficient (Wildman–Crippen LogP) is 1.99. The Morgan fingerprint density at radius 2 is 2.18 bits per heavy atom. The highest BCUT2D eigenvalue weighted by Gasteiger charge is 2.17. The SMILES string of the molecule is Cc1nn(C)c(CN(CC(N)=S)C(C)C)c1Br. The van der Waals surface area contributed by atoms with Crippen molar-refractivity contribution in [3.05, 3.63) is 15.9 Å². The van der Waals surface area contributed by atoms with Crippen LogP contribution in [-0.2, 0) is 13.6 Å². The molecule has 17 heavy (non-hydrogen) atoms. The Kier molecular flexibility index (Phi) is 5.09. The van der Waals surface area contributed by atoms with Crippen molar-refractivity contribution < 1.29 is 0 Å². The van der Waals surface area contributed by atoms with Gasteiger partial charge in [-0.3, -0.25) is 9.58 Å². The zero-order valence-electron chi connectivity index (χ0n) is 10.7. The lowest BCUT2D eigenvalue weighted by atomic mass is 10.2. The molecule has 0 aliphatic rings. The summed E-state index contributed by atoms with van der Waals surface area (Å²) in [5.74, 6) is 0. The number of thiocarbonyl (C=S) groups is 1. The van der Waals surface area contributed by atoms with Crippen molar-refractivity contribution in [3.8, 4) is 0 Å². The summed E-state index contributed by atoms with van der Waals surface area (Å²) in [5, 5.41) is 4.38. The standard InChI is InChI=1S/C11H19BrN4S/c1-7(2)16(6-10(13)17)5-9-11(12)8(3)14-15(9)4/h7H,5-6H2,1-4H3,(H2,13,17). The minimum Gasteiger partial charge on any atom is -0.392 e. The number of nitrogens with two attached hydrogens (primary N) is 1. The molecule has 0 aliphatic heterocycles. The smallest absolute Gasteiger partial charge is 0.0870 e. The molecule has 1 aromatic heterocycles. The van der Waals surface area contributed by atoms with Crippen molar-refractivity contribution in [2.45, 2.75) is 33.4 Å². The van der Waals surface area contributed by atoms with E-state index in [4.69, 9.17) is 18.0 Å². The van der Waals surface area contributed by atoms with Crippen LogP contribution in [0.1, 0.15) is 25.2 Å². The highest BCUT2D eigenvalue weighted by molar-refractivity contribution is 9.10. The number of hydrogen-bond acceptors (Lipinski definition) is 3. The van der Waals surface area contributed by atoms with Gasteiger partial charge in [-0.2, -0.15) is 5.10 Å². The van der Waals surface area contributed by atoms with Crippen LogP contribution < -0.4 is 5.73 Å². The Morgan fingerprint density at radius 3 is 2.53 bits per heavy atom. The molecule has 1 heterocycles. The number of nitrogens with zero attached hydrogens (tertiary/aromatic N) is 3. The van der Waals surface area contributed by atoms with Crippen LogP contribution in [0.15, 0.2) is 4.47 Å². The maximum atomic E-state index is 5.62. The Morgan fingerprint density at radius 1 is 1.59 bits per heavy atom. The molecule has 0 saturated heterocycles. The van der Waals surface area contributed by atoms with E-state index >= 15 is 0 Å². The summed E-state index contributed by atoms with van der Waals surface area (Å²) in [4.78, 5) is 2.75. The van der Waals surface area contributed by atoms with Gasteiger partial charge in [-0.1, -0.05) is 12.2 Å². The number of rotatable bonds is 5. The van der Waals surface area contributed by atoms with Gasteiger partial charge in [0.15, 0.2) is 0 Å². The van der Waals surface area contributed by atoms with E-state index in [0.717, 1.165) is 22.4 Å². The molecule has 4 nitrogen and oxygen atoms in total. The first-order chi connectivity index (χ1) is 7.82. The van der Waals surface area contributed by atoms with Crippen molar-refractivity contribution in [1.29, 1.82) is 0 Å². The van der Waals surface area contributed by atoms with Crippen molar-refractivity contribution >= 4 is 33.1 Å². The molecular formula is C11H19BrN4S. The summed E-state index contributed by atoms with van der Waals surface area (Å²) in [7, 11) is 1.95. The molecule has 0 spiro atoms. The molecule has 96 valence electrons. The average molecular weight is 319 g/mol. The third-order valence-electron chi connectivity index (χ3n) is 2.70. The van der Waals surface area contributed by atoms with Gasteiger partial charge in [0.25, 0.3) is 0 Å². The molecule has 0 amide bonds. The lowest BCUT2D eigenvalue weighted by Crippen LogP contribution is -2.37. The van der Waals surface area contributed by atoms with Gasteiger partial charge < -0.3 is 5.73 Å². The fraction of sp³-hybridized carbons (Fsp3) is 0.636. The monoisotopic (exact) mass is 318 g/mol. The number of hydrogen-bond donors (Lipinski definition) is 1. The van der Waals surface area contributed by atoms with Crippen LogP contribution in [0.3, 0.4) is 0 Å². The van der Waals surface area contributed by atoms with Crippen molar-refractivity contribution in [2.75, 3.05) is 6.54 Å². The lowest BCUT2D eigenvalue weighted by Gasteiger charge is -2.25. The third-order valence-corrected chi connectivity index (χ3v) is 3.86. The maximum Gasteiger partial charge on any atom is 0.0870 e. The first kappa shape index (κ1) is 14.6. The van der Waals surface area contributed by atoms with Crippen LogP contribution >= 0.6 is 28.1 Å². The van der Waals surface area contributed by atoms with Gasteiger partial charge in [0, 0.05) is 26.2 Å². The molecule has 0 aromatic carbocycles. The summed E-state index contributed by atoms with van der Waals surface area (Å²) in [6.45, 7) is 7.67. The van der Waals surface area contributed by atoms with E-state index in [9.17, 15) is 0 Å². The summed E-state index contributed by atoms with van der Waals surface area (Å²) in [5.41, 5.74) is 7.77. The van der Waals surface area contributed by atoms with Gasteiger partial charge >= 0.3 is 0 Å². The normalized spacial score (nSPS) is 11.5. The van der Waals surface area contributed by atoms with Gasteiger partial charge in [0.2, 0.25) is 0 Å². The van der Waals surface area contributed by atoms with Gasteiger partial charge in [0.1, 0.15) is 0 Å². The molecule has 0 aliphatic carbocycles. The quantitative estimate of drug-likeness (QED) is 0.843. The zero-order valence-corrected chi connectivity index (χ0v) is 13.1.